The molecule has 1 saturated carbocycles. The molecule has 1 aliphatic heterocycles. The van der Waals surface area contributed by atoms with E-state index >= 15 is 0 Å². The zero-order chi connectivity index (χ0) is 10.8. The van der Waals surface area contributed by atoms with Gasteiger partial charge in [0.15, 0.2) is 0 Å². The van der Waals surface area contributed by atoms with Gasteiger partial charge in [0.25, 0.3) is 0 Å². The Bertz CT molecular complexity index is 197. The lowest BCUT2D eigenvalue weighted by Crippen LogP contribution is -2.47. The second-order valence-electron chi connectivity index (χ2n) is 5.58. The van der Waals surface area contributed by atoms with Crippen LogP contribution in [0.2, 0.25) is 0 Å². The first-order valence-corrected chi connectivity index (χ1v) is 6.63. The summed E-state index contributed by atoms with van der Waals surface area (Å²) in [7, 11) is 2.10. The van der Waals surface area contributed by atoms with Crippen LogP contribution in [0.25, 0.3) is 0 Å². The van der Waals surface area contributed by atoms with Crippen molar-refractivity contribution in [1.82, 2.24) is 10.2 Å². The minimum atomic E-state index is 0.774. The molecule has 2 heteroatoms. The van der Waals surface area contributed by atoms with Gasteiger partial charge < -0.3 is 5.32 Å². The number of nitrogens with zero attached hydrogens (tertiary/aromatic N) is 1. The van der Waals surface area contributed by atoms with Gasteiger partial charge in [-0.15, -0.1) is 0 Å². The van der Waals surface area contributed by atoms with E-state index in [9.17, 15) is 0 Å². The maximum Gasteiger partial charge on any atom is 0.0123 e. The highest BCUT2D eigenvalue weighted by atomic mass is 15.2. The normalized spacial score (nSPS) is 39.8. The van der Waals surface area contributed by atoms with Crippen molar-refractivity contribution in [3.8, 4) is 0 Å². The Balaban J connectivity index is 1.85. The van der Waals surface area contributed by atoms with Gasteiger partial charge in [-0.1, -0.05) is 13.8 Å². The van der Waals surface area contributed by atoms with Crippen LogP contribution in [0.1, 0.15) is 39.5 Å². The van der Waals surface area contributed by atoms with Gasteiger partial charge in [0.05, 0.1) is 0 Å². The molecular formula is C13H26N2. The number of likely N-dealkylation sites (tertiary alicyclic amines) is 1. The SMILES string of the molecule is CNC1CCN(C2CCC(C)C2C)CC1. The first-order chi connectivity index (χ1) is 7.22. The molecule has 1 N–H and O–H groups in total. The number of nitrogens with one attached hydrogen (secondary N) is 1. The minimum absolute atomic E-state index is 0.774. The van der Waals surface area contributed by atoms with Gasteiger partial charge >= 0.3 is 0 Å². The standard InChI is InChI=1S/C13H26N2/c1-10-4-5-13(11(10)2)15-8-6-12(14-3)7-9-15/h10-14H,4-9H2,1-3H3. The summed E-state index contributed by atoms with van der Waals surface area (Å²) in [5.74, 6) is 1.85. The predicted octanol–water partition coefficient (Wildman–Crippen LogP) is 2.10. The molecule has 2 rings (SSSR count). The smallest absolute Gasteiger partial charge is 0.0123 e. The van der Waals surface area contributed by atoms with Crippen molar-refractivity contribution in [2.75, 3.05) is 20.1 Å². The Kier molecular flexibility index (Phi) is 3.68. The van der Waals surface area contributed by atoms with E-state index in [0.29, 0.717) is 0 Å². The highest BCUT2D eigenvalue weighted by Crippen LogP contribution is 2.35. The van der Waals surface area contributed by atoms with Gasteiger partial charge in [-0.3, -0.25) is 4.90 Å². The fourth-order valence-corrected chi connectivity index (χ4v) is 3.37. The van der Waals surface area contributed by atoms with Gasteiger partial charge in [0, 0.05) is 12.1 Å². The fraction of sp³-hybridized carbons (Fsp3) is 1.00. The molecule has 0 aromatic rings. The Hall–Kier alpha value is -0.0800. The van der Waals surface area contributed by atoms with Crippen LogP contribution >= 0.6 is 0 Å². The summed E-state index contributed by atoms with van der Waals surface area (Å²) in [6.45, 7) is 7.50. The Morgan fingerprint density at radius 1 is 1.00 bits per heavy atom. The third-order valence-electron chi connectivity index (χ3n) is 4.83. The zero-order valence-corrected chi connectivity index (χ0v) is 10.5. The molecule has 0 bridgehead atoms. The highest BCUT2D eigenvalue weighted by molar-refractivity contribution is 4.89. The molecule has 2 aliphatic rings. The van der Waals surface area contributed by atoms with E-state index in [2.05, 4.69) is 31.1 Å². The summed E-state index contributed by atoms with van der Waals surface area (Å²) in [4.78, 5) is 2.75. The number of piperidine rings is 1. The first-order valence-electron chi connectivity index (χ1n) is 6.63. The zero-order valence-electron chi connectivity index (χ0n) is 10.5. The van der Waals surface area contributed by atoms with Crippen LogP contribution in [0.15, 0.2) is 0 Å². The molecule has 0 aromatic carbocycles. The monoisotopic (exact) mass is 210 g/mol. The van der Waals surface area contributed by atoms with Gasteiger partial charge in [0.1, 0.15) is 0 Å². The second-order valence-corrected chi connectivity index (χ2v) is 5.58. The molecule has 0 radical (unpaired) electrons. The summed E-state index contributed by atoms with van der Waals surface area (Å²) in [5, 5.41) is 3.41. The Morgan fingerprint density at radius 3 is 2.13 bits per heavy atom. The maximum atomic E-state index is 3.41. The van der Waals surface area contributed by atoms with E-state index in [4.69, 9.17) is 0 Å². The molecule has 1 aliphatic carbocycles. The third-order valence-corrected chi connectivity index (χ3v) is 4.83. The second kappa shape index (κ2) is 4.84. The molecular weight excluding hydrogens is 184 g/mol. The predicted molar refractivity (Wildman–Crippen MR) is 65.0 cm³/mol. The minimum Gasteiger partial charge on any atom is -0.317 e. The van der Waals surface area contributed by atoms with Crippen molar-refractivity contribution in [2.24, 2.45) is 11.8 Å². The van der Waals surface area contributed by atoms with Crippen LogP contribution in [-0.2, 0) is 0 Å². The third kappa shape index (κ3) is 2.36. The summed E-state index contributed by atoms with van der Waals surface area (Å²) in [6, 6.07) is 1.66. The number of hydrogen-bond acceptors (Lipinski definition) is 2. The average Bonchev–Trinajstić information content (AvgIpc) is 2.60. The summed E-state index contributed by atoms with van der Waals surface area (Å²) in [6.07, 6.45) is 5.56. The molecule has 2 nitrogen and oxygen atoms in total. The molecule has 3 atom stereocenters. The Morgan fingerprint density at radius 2 is 1.67 bits per heavy atom. The van der Waals surface area contributed by atoms with Crippen LogP contribution in [0, 0.1) is 11.8 Å². The lowest BCUT2D eigenvalue weighted by Gasteiger charge is -2.38. The molecule has 0 spiro atoms. The van der Waals surface area contributed by atoms with Crippen LogP contribution in [0.3, 0.4) is 0 Å². The molecule has 2 fully saturated rings. The van der Waals surface area contributed by atoms with E-state index in [1.165, 1.54) is 38.8 Å². The summed E-state index contributed by atoms with van der Waals surface area (Å²) >= 11 is 0. The van der Waals surface area contributed by atoms with Crippen molar-refractivity contribution >= 4 is 0 Å². The quantitative estimate of drug-likeness (QED) is 0.751. The molecule has 1 heterocycles. The first kappa shape index (κ1) is 11.4. The molecule has 1 saturated heterocycles. The van der Waals surface area contributed by atoms with Crippen LogP contribution in [0.4, 0.5) is 0 Å². The van der Waals surface area contributed by atoms with Gasteiger partial charge in [-0.2, -0.15) is 0 Å². The average molecular weight is 210 g/mol. The lowest BCUT2D eigenvalue weighted by molar-refractivity contribution is 0.117. The van der Waals surface area contributed by atoms with Crippen molar-refractivity contribution < 1.29 is 0 Å². The van der Waals surface area contributed by atoms with Crippen molar-refractivity contribution in [3.63, 3.8) is 0 Å². The molecule has 0 aromatic heterocycles. The Labute approximate surface area is 94.4 Å². The van der Waals surface area contributed by atoms with Crippen LogP contribution < -0.4 is 5.32 Å². The van der Waals surface area contributed by atoms with Crippen molar-refractivity contribution in [2.45, 2.75) is 51.6 Å². The van der Waals surface area contributed by atoms with E-state index in [0.717, 1.165) is 23.9 Å². The topological polar surface area (TPSA) is 15.3 Å². The van der Waals surface area contributed by atoms with Crippen LogP contribution in [0.5, 0.6) is 0 Å². The van der Waals surface area contributed by atoms with E-state index < -0.39 is 0 Å². The van der Waals surface area contributed by atoms with Gasteiger partial charge in [-0.05, 0) is 57.7 Å². The largest absolute Gasteiger partial charge is 0.317 e. The fourth-order valence-electron chi connectivity index (χ4n) is 3.37. The van der Waals surface area contributed by atoms with E-state index in [-0.39, 0.29) is 0 Å². The van der Waals surface area contributed by atoms with Crippen molar-refractivity contribution in [3.05, 3.63) is 0 Å². The highest BCUT2D eigenvalue weighted by Gasteiger charge is 2.35. The van der Waals surface area contributed by atoms with E-state index in [1.807, 2.05) is 0 Å². The number of hydrogen-bond donors (Lipinski definition) is 1. The number of rotatable bonds is 2. The summed E-state index contributed by atoms with van der Waals surface area (Å²) in [5.41, 5.74) is 0. The molecule has 88 valence electrons. The maximum absolute atomic E-state index is 3.41. The van der Waals surface area contributed by atoms with E-state index in [1.54, 1.807) is 0 Å². The van der Waals surface area contributed by atoms with Gasteiger partial charge in [0.2, 0.25) is 0 Å². The molecule has 0 amide bonds. The van der Waals surface area contributed by atoms with Crippen LogP contribution in [-0.4, -0.2) is 37.1 Å². The lowest BCUT2D eigenvalue weighted by atomic mass is 9.94. The molecule has 3 unspecified atom stereocenters. The van der Waals surface area contributed by atoms with Gasteiger partial charge in [-0.25, -0.2) is 0 Å². The molecule has 15 heavy (non-hydrogen) atoms. The van der Waals surface area contributed by atoms with Crippen molar-refractivity contribution in [1.29, 1.82) is 0 Å². The summed E-state index contributed by atoms with van der Waals surface area (Å²) < 4.78 is 0.